The van der Waals surface area contributed by atoms with Gasteiger partial charge in [0.25, 0.3) is 0 Å². The van der Waals surface area contributed by atoms with E-state index in [9.17, 15) is 9.59 Å². The van der Waals surface area contributed by atoms with E-state index in [1.54, 1.807) is 4.68 Å². The third-order valence-electron chi connectivity index (χ3n) is 5.69. The van der Waals surface area contributed by atoms with E-state index in [1.807, 2.05) is 22.1 Å². The molecule has 0 radical (unpaired) electrons. The number of carbonyl (C=O) groups is 2. The molecule has 3 heterocycles. The highest BCUT2D eigenvalue weighted by molar-refractivity contribution is 5.84. The van der Waals surface area contributed by atoms with Crippen molar-refractivity contribution in [3.63, 3.8) is 0 Å². The maximum Gasteiger partial charge on any atom is 0.223 e. The van der Waals surface area contributed by atoms with Crippen molar-refractivity contribution in [3.8, 4) is 0 Å². The van der Waals surface area contributed by atoms with Gasteiger partial charge in [0.05, 0.1) is 18.8 Å². The topological polar surface area (TPSA) is 78.7 Å². The second-order valence-corrected chi connectivity index (χ2v) is 7.70. The first-order valence-corrected chi connectivity index (χ1v) is 10.4. The minimum Gasteiger partial charge on any atom is -0.394 e. The lowest BCUT2D eigenvalue weighted by Crippen LogP contribution is -2.40. The van der Waals surface area contributed by atoms with Crippen molar-refractivity contribution in [3.05, 3.63) is 18.0 Å². The second kappa shape index (κ2) is 9.88. The summed E-state index contributed by atoms with van der Waals surface area (Å²) in [5.41, 5.74) is 0.988. The van der Waals surface area contributed by atoms with E-state index in [1.165, 1.54) is 12.8 Å². The quantitative estimate of drug-likeness (QED) is 0.821. The van der Waals surface area contributed by atoms with E-state index in [4.69, 9.17) is 5.11 Å². The number of aromatic nitrogens is 2. The summed E-state index contributed by atoms with van der Waals surface area (Å²) < 4.78 is 1.75. The lowest BCUT2D eigenvalue weighted by Gasteiger charge is -2.32. The monoisotopic (exact) mass is 376 g/mol. The highest BCUT2D eigenvalue weighted by atomic mass is 16.3. The molecule has 2 amide bonds. The van der Waals surface area contributed by atoms with Crippen LogP contribution in [0.5, 0.6) is 0 Å². The number of amides is 2. The summed E-state index contributed by atoms with van der Waals surface area (Å²) in [5.74, 6) is 0.447. The van der Waals surface area contributed by atoms with Gasteiger partial charge in [-0.3, -0.25) is 14.3 Å². The Hall–Kier alpha value is -1.89. The lowest BCUT2D eigenvalue weighted by atomic mass is 9.94. The molecule has 1 atom stereocenters. The van der Waals surface area contributed by atoms with Gasteiger partial charge < -0.3 is 14.9 Å². The minimum atomic E-state index is 0.0709. The Kier molecular flexibility index (Phi) is 7.26. The highest BCUT2D eigenvalue weighted by Crippen LogP contribution is 2.26. The molecule has 0 saturated carbocycles. The van der Waals surface area contributed by atoms with E-state index in [0.29, 0.717) is 25.9 Å². The van der Waals surface area contributed by atoms with Crippen molar-refractivity contribution >= 4 is 11.8 Å². The predicted octanol–water partition coefficient (Wildman–Crippen LogP) is 1.76. The summed E-state index contributed by atoms with van der Waals surface area (Å²) in [4.78, 5) is 28.9. The van der Waals surface area contributed by atoms with Crippen LogP contribution in [0.1, 0.15) is 63.0 Å². The fraction of sp³-hybridized carbons (Fsp3) is 0.750. The van der Waals surface area contributed by atoms with Crippen LogP contribution in [0.25, 0.3) is 0 Å². The number of hydrogen-bond acceptors (Lipinski definition) is 4. The minimum absolute atomic E-state index is 0.0709. The molecule has 0 spiro atoms. The molecule has 27 heavy (non-hydrogen) atoms. The molecule has 7 nitrogen and oxygen atoms in total. The Morgan fingerprint density at radius 2 is 1.67 bits per heavy atom. The first kappa shape index (κ1) is 19.9. The normalized spacial score (nSPS) is 21.1. The summed E-state index contributed by atoms with van der Waals surface area (Å²) in [7, 11) is 0. The first-order chi connectivity index (χ1) is 13.2. The predicted molar refractivity (Wildman–Crippen MR) is 102 cm³/mol. The average Bonchev–Trinajstić information content (AvgIpc) is 2.98. The van der Waals surface area contributed by atoms with Crippen LogP contribution in [-0.2, 0) is 16.1 Å². The summed E-state index contributed by atoms with van der Waals surface area (Å²) in [6, 6.07) is 1.98. The Balaban J connectivity index is 1.48. The van der Waals surface area contributed by atoms with E-state index >= 15 is 0 Å². The number of likely N-dealkylation sites (tertiary alicyclic amines) is 2. The molecule has 2 aliphatic heterocycles. The Bertz CT molecular complexity index is 622. The van der Waals surface area contributed by atoms with Gasteiger partial charge in [0.15, 0.2) is 0 Å². The van der Waals surface area contributed by atoms with E-state index < -0.39 is 0 Å². The first-order valence-electron chi connectivity index (χ1n) is 10.4. The number of hydrogen-bond donors (Lipinski definition) is 1. The molecule has 7 heteroatoms. The van der Waals surface area contributed by atoms with Gasteiger partial charge in [-0.1, -0.05) is 12.8 Å². The van der Waals surface area contributed by atoms with Crippen LogP contribution >= 0.6 is 0 Å². The van der Waals surface area contributed by atoms with Gasteiger partial charge in [-0.15, -0.1) is 0 Å². The van der Waals surface area contributed by atoms with Crippen LogP contribution in [0.4, 0.5) is 0 Å². The molecule has 0 unspecified atom stereocenters. The average molecular weight is 377 g/mol. The zero-order chi connectivity index (χ0) is 19.1. The van der Waals surface area contributed by atoms with E-state index in [0.717, 1.165) is 51.0 Å². The summed E-state index contributed by atoms with van der Waals surface area (Å²) in [5, 5.41) is 13.5. The Labute approximate surface area is 161 Å². The summed E-state index contributed by atoms with van der Waals surface area (Å²) in [6.07, 6.45) is 9.05. The molecule has 3 rings (SSSR count). The maximum absolute atomic E-state index is 12.6. The molecule has 2 aliphatic rings. The molecule has 1 aromatic rings. The van der Waals surface area contributed by atoms with Crippen molar-refractivity contribution < 1.29 is 14.7 Å². The summed E-state index contributed by atoms with van der Waals surface area (Å²) >= 11 is 0. The number of rotatable bonds is 6. The number of piperidine rings is 1. The molecule has 0 aromatic carbocycles. The SMILES string of the molecule is O=C(CCC(=O)N1CCC[C@H](c2ccn(CCO)n2)C1)N1CCCCCC1. The van der Waals surface area contributed by atoms with Gasteiger partial charge in [0, 0.05) is 51.1 Å². The van der Waals surface area contributed by atoms with Gasteiger partial charge in [0.1, 0.15) is 0 Å². The van der Waals surface area contributed by atoms with E-state index in [-0.39, 0.29) is 24.3 Å². The van der Waals surface area contributed by atoms with Crippen LogP contribution in [0.2, 0.25) is 0 Å². The smallest absolute Gasteiger partial charge is 0.223 e. The molecule has 150 valence electrons. The third kappa shape index (κ3) is 5.54. The van der Waals surface area contributed by atoms with Gasteiger partial charge in [0.2, 0.25) is 11.8 Å². The van der Waals surface area contributed by atoms with Crippen LogP contribution in [0.15, 0.2) is 12.3 Å². The molecule has 2 fully saturated rings. The second-order valence-electron chi connectivity index (χ2n) is 7.70. The Morgan fingerprint density at radius 3 is 2.37 bits per heavy atom. The van der Waals surface area contributed by atoms with Crippen molar-refractivity contribution in [2.24, 2.45) is 0 Å². The van der Waals surface area contributed by atoms with Gasteiger partial charge >= 0.3 is 0 Å². The molecule has 0 bridgehead atoms. The maximum atomic E-state index is 12.6. The zero-order valence-electron chi connectivity index (χ0n) is 16.2. The van der Waals surface area contributed by atoms with E-state index in [2.05, 4.69) is 5.10 Å². The van der Waals surface area contributed by atoms with Crippen LogP contribution < -0.4 is 0 Å². The zero-order valence-corrected chi connectivity index (χ0v) is 16.2. The molecule has 2 saturated heterocycles. The number of nitrogens with zero attached hydrogens (tertiary/aromatic N) is 4. The third-order valence-corrected chi connectivity index (χ3v) is 5.69. The van der Waals surface area contributed by atoms with Crippen LogP contribution in [0, 0.1) is 0 Å². The van der Waals surface area contributed by atoms with Gasteiger partial charge in [-0.2, -0.15) is 5.10 Å². The van der Waals surface area contributed by atoms with Crippen LogP contribution in [-0.4, -0.2) is 69.3 Å². The molecule has 1 N–H and O–H groups in total. The van der Waals surface area contributed by atoms with Gasteiger partial charge in [-0.25, -0.2) is 0 Å². The fourth-order valence-electron chi connectivity index (χ4n) is 4.12. The van der Waals surface area contributed by atoms with Crippen molar-refractivity contribution in [2.75, 3.05) is 32.8 Å². The van der Waals surface area contributed by atoms with Gasteiger partial charge in [-0.05, 0) is 31.7 Å². The molecular formula is C20H32N4O3. The molecule has 0 aliphatic carbocycles. The van der Waals surface area contributed by atoms with Crippen molar-refractivity contribution in [1.29, 1.82) is 0 Å². The summed E-state index contributed by atoms with van der Waals surface area (Å²) in [6.45, 7) is 3.69. The number of carbonyl (C=O) groups excluding carboxylic acids is 2. The number of aliphatic hydroxyl groups excluding tert-OH is 1. The van der Waals surface area contributed by atoms with Crippen molar-refractivity contribution in [2.45, 2.75) is 63.8 Å². The fourth-order valence-corrected chi connectivity index (χ4v) is 4.12. The highest BCUT2D eigenvalue weighted by Gasteiger charge is 2.27. The van der Waals surface area contributed by atoms with Crippen molar-refractivity contribution in [1.82, 2.24) is 19.6 Å². The standard InChI is InChI=1S/C20H32N4O3/c25-15-14-24-13-9-18(21-24)17-6-5-12-23(16-17)20(27)8-7-19(26)22-10-3-1-2-4-11-22/h9,13,17,25H,1-8,10-12,14-16H2/t17-/m0/s1. The lowest BCUT2D eigenvalue weighted by molar-refractivity contribution is -0.137. The molecular weight excluding hydrogens is 344 g/mol. The largest absolute Gasteiger partial charge is 0.394 e. The Morgan fingerprint density at radius 1 is 1.00 bits per heavy atom. The molecule has 1 aromatic heterocycles. The van der Waals surface area contributed by atoms with Crippen LogP contribution in [0.3, 0.4) is 0 Å². The number of aliphatic hydroxyl groups is 1.